The second kappa shape index (κ2) is 7.45. The van der Waals surface area contributed by atoms with Gasteiger partial charge in [-0.05, 0) is 111 Å². The van der Waals surface area contributed by atoms with Gasteiger partial charge in [0.2, 0.25) is 0 Å². The summed E-state index contributed by atoms with van der Waals surface area (Å²) in [7, 11) is 0. The van der Waals surface area contributed by atoms with E-state index in [-0.39, 0.29) is 11.5 Å². The minimum Gasteiger partial charge on any atom is -0.393 e. The monoisotopic (exact) mass is 440 g/mol. The molecule has 0 aromatic carbocycles. The molecule has 5 rings (SSSR count). The molecule has 1 N–H and O–H groups in total. The lowest BCUT2D eigenvalue weighted by Crippen LogP contribution is -2.58. The summed E-state index contributed by atoms with van der Waals surface area (Å²) in [5.41, 5.74) is 4.31. The molecular weight excluding hydrogens is 392 g/mol. The molecule has 2 nitrogen and oxygen atoms in total. The maximum Gasteiger partial charge on any atom is 0.0761 e. The van der Waals surface area contributed by atoms with E-state index in [0.29, 0.717) is 34.2 Å². The molecule has 0 bridgehead atoms. The van der Waals surface area contributed by atoms with E-state index >= 15 is 0 Å². The van der Waals surface area contributed by atoms with Crippen LogP contribution in [0.15, 0.2) is 23.3 Å². The zero-order valence-electron chi connectivity index (χ0n) is 21.8. The van der Waals surface area contributed by atoms with E-state index < -0.39 is 0 Å². The van der Waals surface area contributed by atoms with Gasteiger partial charge in [-0.15, -0.1) is 0 Å². The zero-order valence-corrected chi connectivity index (χ0v) is 21.8. The summed E-state index contributed by atoms with van der Waals surface area (Å²) in [6, 6.07) is 0. The Morgan fingerprint density at radius 2 is 1.78 bits per heavy atom. The molecular formula is C30H48O2. The van der Waals surface area contributed by atoms with Crippen LogP contribution in [0.4, 0.5) is 0 Å². The van der Waals surface area contributed by atoms with E-state index in [1.165, 1.54) is 44.1 Å². The Morgan fingerprint density at radius 3 is 2.50 bits per heavy atom. The average molecular weight is 441 g/mol. The Bertz CT molecular complexity index is 819. The van der Waals surface area contributed by atoms with Crippen molar-refractivity contribution in [2.24, 2.45) is 45.3 Å². The Labute approximate surface area is 197 Å². The third kappa shape index (κ3) is 3.03. The summed E-state index contributed by atoms with van der Waals surface area (Å²) in [5, 5.41) is 10.8. The van der Waals surface area contributed by atoms with Crippen molar-refractivity contribution in [3.8, 4) is 0 Å². The van der Waals surface area contributed by atoms with Crippen LogP contribution in [0.5, 0.6) is 0 Å². The highest BCUT2D eigenvalue weighted by atomic mass is 16.5. The van der Waals surface area contributed by atoms with Gasteiger partial charge in [0, 0.05) is 0 Å². The first kappa shape index (κ1) is 23.2. The normalized spacial score (nSPS) is 51.9. The molecule has 9 atom stereocenters. The van der Waals surface area contributed by atoms with Crippen molar-refractivity contribution >= 4 is 0 Å². The van der Waals surface area contributed by atoms with E-state index in [4.69, 9.17) is 4.74 Å². The van der Waals surface area contributed by atoms with E-state index in [9.17, 15) is 5.11 Å². The highest BCUT2D eigenvalue weighted by molar-refractivity contribution is 5.33. The summed E-state index contributed by atoms with van der Waals surface area (Å²) in [6.45, 7) is 17.9. The van der Waals surface area contributed by atoms with Crippen LogP contribution < -0.4 is 0 Å². The van der Waals surface area contributed by atoms with E-state index in [1.807, 2.05) is 5.57 Å². The third-order valence-electron chi connectivity index (χ3n) is 12.0. The lowest BCUT2D eigenvalue weighted by Gasteiger charge is -2.64. The van der Waals surface area contributed by atoms with E-state index in [2.05, 4.69) is 60.6 Å². The zero-order chi connectivity index (χ0) is 23.1. The molecule has 180 valence electrons. The van der Waals surface area contributed by atoms with Crippen molar-refractivity contribution in [3.63, 3.8) is 0 Å². The molecule has 4 aliphatic carbocycles. The molecule has 1 aliphatic heterocycles. The molecule has 9 unspecified atom stereocenters. The summed E-state index contributed by atoms with van der Waals surface area (Å²) in [5.74, 6) is 2.82. The molecule has 3 saturated carbocycles. The van der Waals surface area contributed by atoms with Crippen molar-refractivity contribution in [2.75, 3.05) is 6.61 Å². The van der Waals surface area contributed by atoms with Crippen LogP contribution in [0.2, 0.25) is 0 Å². The third-order valence-corrected chi connectivity index (χ3v) is 12.0. The number of ether oxygens (including phenoxy) is 1. The number of allylic oxidation sites excluding steroid dienone is 3. The maximum atomic E-state index is 10.8. The van der Waals surface area contributed by atoms with Crippen molar-refractivity contribution in [1.82, 2.24) is 0 Å². The Morgan fingerprint density at radius 1 is 1.03 bits per heavy atom. The first-order valence-corrected chi connectivity index (χ1v) is 13.6. The van der Waals surface area contributed by atoms with Gasteiger partial charge in [0.1, 0.15) is 0 Å². The average Bonchev–Trinajstić information content (AvgIpc) is 3.26. The number of hydrogen-bond donors (Lipinski definition) is 1. The molecule has 2 heteroatoms. The van der Waals surface area contributed by atoms with Crippen LogP contribution in [0.25, 0.3) is 0 Å². The lowest BCUT2D eigenvalue weighted by molar-refractivity contribution is -0.131. The fourth-order valence-corrected chi connectivity index (χ4v) is 9.95. The van der Waals surface area contributed by atoms with Gasteiger partial charge in [0.25, 0.3) is 0 Å². The predicted octanol–water partition coefficient (Wildman–Crippen LogP) is 7.32. The first-order chi connectivity index (χ1) is 14.9. The van der Waals surface area contributed by atoms with Gasteiger partial charge in [-0.25, -0.2) is 0 Å². The number of aliphatic hydroxyl groups excluding tert-OH is 1. The number of aliphatic hydroxyl groups is 1. The van der Waals surface area contributed by atoms with E-state index in [0.717, 1.165) is 31.3 Å². The summed E-state index contributed by atoms with van der Waals surface area (Å²) < 4.78 is 6.26. The molecule has 0 spiro atoms. The lowest BCUT2D eigenvalue weighted by atomic mass is 9.41. The maximum absolute atomic E-state index is 10.8. The van der Waals surface area contributed by atoms with Gasteiger partial charge in [0.05, 0.1) is 18.8 Å². The van der Waals surface area contributed by atoms with Gasteiger partial charge in [0.15, 0.2) is 0 Å². The minimum atomic E-state index is -0.146. The Kier molecular flexibility index (Phi) is 5.39. The molecule has 0 amide bonds. The van der Waals surface area contributed by atoms with Gasteiger partial charge in [-0.2, -0.15) is 0 Å². The van der Waals surface area contributed by atoms with Gasteiger partial charge >= 0.3 is 0 Å². The standard InChI is InChI=1S/C30H48O2/c1-19(2)16-21-17-20(18-32-21)22-10-14-30(7)24-8-9-25-27(3,4)26(31)12-13-28(25,5)23(24)11-15-29(22,30)6/h8,16,20-23,25-26,31H,9-15,17-18H2,1-7H3. The van der Waals surface area contributed by atoms with Crippen LogP contribution >= 0.6 is 0 Å². The smallest absolute Gasteiger partial charge is 0.0761 e. The number of fused-ring (bicyclic) bond motifs is 5. The Balaban J connectivity index is 1.44. The highest BCUT2D eigenvalue weighted by Crippen LogP contribution is 2.73. The molecule has 1 heterocycles. The van der Waals surface area contributed by atoms with E-state index in [1.54, 1.807) is 0 Å². The summed E-state index contributed by atoms with van der Waals surface area (Å²) >= 11 is 0. The molecule has 32 heavy (non-hydrogen) atoms. The van der Waals surface area contributed by atoms with Crippen LogP contribution in [0.1, 0.15) is 99.8 Å². The number of rotatable bonds is 2. The first-order valence-electron chi connectivity index (χ1n) is 13.6. The largest absolute Gasteiger partial charge is 0.393 e. The van der Waals surface area contributed by atoms with Crippen molar-refractivity contribution in [3.05, 3.63) is 23.3 Å². The topological polar surface area (TPSA) is 29.5 Å². The Hall–Kier alpha value is -0.600. The molecule has 0 aromatic heterocycles. The quantitative estimate of drug-likeness (QED) is 0.456. The van der Waals surface area contributed by atoms with Gasteiger partial charge < -0.3 is 9.84 Å². The van der Waals surface area contributed by atoms with Gasteiger partial charge in [-0.1, -0.05) is 57.9 Å². The van der Waals surface area contributed by atoms with Crippen LogP contribution in [-0.4, -0.2) is 23.9 Å². The molecule has 1 saturated heterocycles. The second-order valence-corrected chi connectivity index (χ2v) is 13.9. The van der Waals surface area contributed by atoms with Crippen molar-refractivity contribution in [1.29, 1.82) is 0 Å². The molecule has 0 aromatic rings. The SMILES string of the molecule is CC(C)=CC1CC(C2CCC3(C)C4=CCC5C(C)(C)C(O)CCC5(C)C4CCC23C)CO1. The highest BCUT2D eigenvalue weighted by Gasteiger charge is 2.65. The van der Waals surface area contributed by atoms with Crippen molar-refractivity contribution in [2.45, 2.75) is 112 Å². The van der Waals surface area contributed by atoms with Crippen molar-refractivity contribution < 1.29 is 9.84 Å². The van der Waals surface area contributed by atoms with Gasteiger partial charge in [-0.3, -0.25) is 0 Å². The van der Waals surface area contributed by atoms with Crippen LogP contribution in [0, 0.1) is 45.3 Å². The molecule has 5 aliphatic rings. The molecule has 0 radical (unpaired) electrons. The fraction of sp³-hybridized carbons (Fsp3) is 0.867. The fourth-order valence-electron chi connectivity index (χ4n) is 9.95. The molecule has 4 fully saturated rings. The van der Waals surface area contributed by atoms with Crippen LogP contribution in [0.3, 0.4) is 0 Å². The predicted molar refractivity (Wildman–Crippen MR) is 132 cm³/mol. The minimum absolute atomic E-state index is 0.0238. The van der Waals surface area contributed by atoms with Crippen LogP contribution in [-0.2, 0) is 4.74 Å². The number of hydrogen-bond acceptors (Lipinski definition) is 2. The summed E-state index contributed by atoms with van der Waals surface area (Å²) in [4.78, 5) is 0. The second-order valence-electron chi connectivity index (χ2n) is 13.9. The summed E-state index contributed by atoms with van der Waals surface area (Å²) in [6.07, 6.45) is 15.2.